The minimum Gasteiger partial charge on any atom is -0.396 e. The molecule has 0 aromatic carbocycles. The molecule has 0 bridgehead atoms. The predicted molar refractivity (Wildman–Crippen MR) is 74.1 cm³/mol. The lowest BCUT2D eigenvalue weighted by Gasteiger charge is -2.13. The summed E-state index contributed by atoms with van der Waals surface area (Å²) in [6, 6.07) is 0. The van der Waals surface area contributed by atoms with Crippen molar-refractivity contribution >= 4 is 17.1 Å². The van der Waals surface area contributed by atoms with E-state index in [1.54, 1.807) is 10.9 Å². The van der Waals surface area contributed by atoms with E-state index < -0.39 is 0 Å². The molecule has 20 heavy (non-hydrogen) atoms. The molecule has 1 atom stereocenters. The first-order valence-corrected chi connectivity index (χ1v) is 6.58. The molecule has 0 radical (unpaired) electrons. The fourth-order valence-electron chi connectivity index (χ4n) is 2.16. The number of aromatic amines is 1. The van der Waals surface area contributed by atoms with Gasteiger partial charge >= 0.3 is 0 Å². The van der Waals surface area contributed by atoms with Crippen molar-refractivity contribution in [2.75, 3.05) is 18.9 Å². The van der Waals surface area contributed by atoms with E-state index in [2.05, 4.69) is 15.0 Å². The first-order chi connectivity index (χ1) is 9.65. The van der Waals surface area contributed by atoms with Crippen molar-refractivity contribution < 1.29 is 10.2 Å². The summed E-state index contributed by atoms with van der Waals surface area (Å²) in [6.07, 6.45) is 3.69. The highest BCUT2D eigenvalue weighted by molar-refractivity contribution is 5.70. The lowest BCUT2D eigenvalue weighted by Crippen LogP contribution is -2.14. The minimum atomic E-state index is -0.356. The fourth-order valence-corrected chi connectivity index (χ4v) is 2.16. The molecule has 8 heteroatoms. The highest BCUT2D eigenvalue weighted by Crippen LogP contribution is 2.14. The van der Waals surface area contributed by atoms with Gasteiger partial charge in [-0.2, -0.15) is 4.98 Å². The van der Waals surface area contributed by atoms with Crippen molar-refractivity contribution in [3.63, 3.8) is 0 Å². The molecule has 0 fully saturated rings. The second-order valence-electron chi connectivity index (χ2n) is 4.76. The Morgan fingerprint density at radius 1 is 1.40 bits per heavy atom. The van der Waals surface area contributed by atoms with Gasteiger partial charge in [0, 0.05) is 19.8 Å². The third-order valence-corrected chi connectivity index (χ3v) is 3.30. The third-order valence-electron chi connectivity index (χ3n) is 3.30. The molecule has 5 N–H and O–H groups in total. The molecule has 0 amide bonds. The molecule has 0 saturated heterocycles. The summed E-state index contributed by atoms with van der Waals surface area (Å²) < 4.78 is 1.75. The van der Waals surface area contributed by atoms with Crippen molar-refractivity contribution in [2.45, 2.75) is 25.8 Å². The first kappa shape index (κ1) is 14.5. The zero-order valence-electron chi connectivity index (χ0n) is 11.1. The molecule has 0 aliphatic heterocycles. The summed E-state index contributed by atoms with van der Waals surface area (Å²) in [5, 5.41) is 18.1. The van der Waals surface area contributed by atoms with E-state index in [0.29, 0.717) is 18.6 Å². The monoisotopic (exact) mass is 281 g/mol. The van der Waals surface area contributed by atoms with Gasteiger partial charge in [-0.15, -0.1) is 0 Å². The summed E-state index contributed by atoms with van der Waals surface area (Å²) in [6.45, 7) is 0.782. The summed E-state index contributed by atoms with van der Waals surface area (Å²) in [7, 11) is 0. The van der Waals surface area contributed by atoms with Gasteiger partial charge < -0.3 is 20.5 Å². The van der Waals surface area contributed by atoms with E-state index in [-0.39, 0.29) is 36.2 Å². The van der Waals surface area contributed by atoms with Crippen LogP contribution >= 0.6 is 0 Å². The molecule has 1 unspecified atom stereocenters. The Morgan fingerprint density at radius 2 is 2.20 bits per heavy atom. The average molecular weight is 281 g/mol. The van der Waals surface area contributed by atoms with Crippen LogP contribution in [0.3, 0.4) is 0 Å². The SMILES string of the molecule is Nc1nc2c(ncn2CCC(CO)CCCO)c(=O)[nH]1. The number of aliphatic hydroxyl groups excluding tert-OH is 2. The molecule has 2 heterocycles. The molecule has 0 aliphatic rings. The number of fused-ring (bicyclic) bond motifs is 1. The van der Waals surface area contributed by atoms with Crippen LogP contribution in [0.25, 0.3) is 11.2 Å². The number of nitrogens with zero attached hydrogens (tertiary/aromatic N) is 3. The van der Waals surface area contributed by atoms with Crippen LogP contribution in [0.2, 0.25) is 0 Å². The molecule has 2 aromatic rings. The van der Waals surface area contributed by atoms with Crippen LogP contribution < -0.4 is 11.3 Å². The number of hydrogen-bond acceptors (Lipinski definition) is 6. The Hall–Kier alpha value is -1.93. The van der Waals surface area contributed by atoms with Crippen LogP contribution in [0.15, 0.2) is 11.1 Å². The average Bonchev–Trinajstić information content (AvgIpc) is 2.82. The highest BCUT2D eigenvalue weighted by Gasteiger charge is 2.12. The van der Waals surface area contributed by atoms with Crippen molar-refractivity contribution in [1.82, 2.24) is 19.5 Å². The van der Waals surface area contributed by atoms with E-state index in [1.165, 1.54) is 0 Å². The lowest BCUT2D eigenvalue weighted by atomic mass is 10.0. The van der Waals surface area contributed by atoms with Crippen molar-refractivity contribution in [3.8, 4) is 0 Å². The third kappa shape index (κ3) is 3.14. The van der Waals surface area contributed by atoms with Gasteiger partial charge in [-0.05, 0) is 25.2 Å². The predicted octanol–water partition coefficient (Wildman–Crippen LogP) is -0.527. The second kappa shape index (κ2) is 6.49. The van der Waals surface area contributed by atoms with E-state index >= 15 is 0 Å². The molecule has 0 spiro atoms. The standard InChI is InChI=1S/C12H19N5O3/c13-12-15-10-9(11(20)16-12)14-7-17(10)4-3-8(6-19)2-1-5-18/h7-8,18-19H,1-6H2,(H3,13,15,16,20). The molecular weight excluding hydrogens is 262 g/mol. The Morgan fingerprint density at radius 3 is 2.90 bits per heavy atom. The Labute approximate surface area is 115 Å². The van der Waals surface area contributed by atoms with Gasteiger partial charge in [-0.3, -0.25) is 9.78 Å². The Bertz CT molecular complexity index is 621. The van der Waals surface area contributed by atoms with Gasteiger partial charge in [0.1, 0.15) is 0 Å². The van der Waals surface area contributed by atoms with Crippen LogP contribution in [0.1, 0.15) is 19.3 Å². The van der Waals surface area contributed by atoms with E-state index in [9.17, 15) is 9.90 Å². The van der Waals surface area contributed by atoms with Gasteiger partial charge in [0.15, 0.2) is 11.2 Å². The van der Waals surface area contributed by atoms with Gasteiger partial charge in [0.25, 0.3) is 5.56 Å². The Balaban J connectivity index is 2.12. The lowest BCUT2D eigenvalue weighted by molar-refractivity contribution is 0.190. The quantitative estimate of drug-likeness (QED) is 0.540. The number of aliphatic hydroxyl groups is 2. The molecule has 0 aliphatic carbocycles. The van der Waals surface area contributed by atoms with Gasteiger partial charge in [-0.1, -0.05) is 0 Å². The number of anilines is 1. The number of nitrogen functional groups attached to an aromatic ring is 1. The van der Waals surface area contributed by atoms with E-state index in [0.717, 1.165) is 12.8 Å². The Kier molecular flexibility index (Phi) is 4.70. The number of hydrogen-bond donors (Lipinski definition) is 4. The number of nitrogens with one attached hydrogen (secondary N) is 1. The summed E-state index contributed by atoms with van der Waals surface area (Å²) in [5.74, 6) is 0.169. The summed E-state index contributed by atoms with van der Waals surface area (Å²) in [4.78, 5) is 22.1. The van der Waals surface area contributed by atoms with Crippen LogP contribution in [0.4, 0.5) is 5.95 Å². The van der Waals surface area contributed by atoms with Crippen LogP contribution in [-0.4, -0.2) is 42.9 Å². The van der Waals surface area contributed by atoms with Gasteiger partial charge in [0.05, 0.1) is 6.33 Å². The molecule has 0 saturated carbocycles. The van der Waals surface area contributed by atoms with Crippen molar-refractivity contribution in [3.05, 3.63) is 16.7 Å². The number of imidazole rings is 1. The van der Waals surface area contributed by atoms with Gasteiger partial charge in [0.2, 0.25) is 5.95 Å². The summed E-state index contributed by atoms with van der Waals surface area (Å²) in [5.41, 5.74) is 5.88. The summed E-state index contributed by atoms with van der Waals surface area (Å²) >= 11 is 0. The van der Waals surface area contributed by atoms with Crippen molar-refractivity contribution in [1.29, 1.82) is 0 Å². The van der Waals surface area contributed by atoms with Crippen molar-refractivity contribution in [2.24, 2.45) is 5.92 Å². The fraction of sp³-hybridized carbons (Fsp3) is 0.583. The maximum Gasteiger partial charge on any atom is 0.280 e. The number of nitrogens with two attached hydrogens (primary N) is 1. The van der Waals surface area contributed by atoms with Crippen LogP contribution in [-0.2, 0) is 6.54 Å². The largest absolute Gasteiger partial charge is 0.396 e. The maximum atomic E-state index is 11.6. The zero-order valence-corrected chi connectivity index (χ0v) is 11.1. The zero-order chi connectivity index (χ0) is 14.5. The molecule has 2 rings (SSSR count). The number of aryl methyl sites for hydroxylation is 1. The number of H-pyrrole nitrogens is 1. The smallest absolute Gasteiger partial charge is 0.280 e. The minimum absolute atomic E-state index is 0.0586. The van der Waals surface area contributed by atoms with Gasteiger partial charge in [-0.25, -0.2) is 4.98 Å². The highest BCUT2D eigenvalue weighted by atomic mass is 16.3. The van der Waals surface area contributed by atoms with E-state index in [4.69, 9.17) is 10.8 Å². The molecule has 8 nitrogen and oxygen atoms in total. The van der Waals surface area contributed by atoms with Crippen LogP contribution in [0, 0.1) is 5.92 Å². The van der Waals surface area contributed by atoms with E-state index in [1.807, 2.05) is 0 Å². The second-order valence-corrected chi connectivity index (χ2v) is 4.76. The topological polar surface area (TPSA) is 130 Å². The maximum absolute atomic E-state index is 11.6. The van der Waals surface area contributed by atoms with Crippen LogP contribution in [0.5, 0.6) is 0 Å². The molecular formula is C12H19N5O3. The first-order valence-electron chi connectivity index (χ1n) is 6.58. The number of aromatic nitrogens is 4. The number of rotatable bonds is 7. The molecule has 110 valence electrons. The molecule has 2 aromatic heterocycles. The normalized spacial score (nSPS) is 12.9.